The highest BCUT2D eigenvalue weighted by Crippen LogP contribution is 2.48. The van der Waals surface area contributed by atoms with Crippen LogP contribution in [0.5, 0.6) is 0 Å². The number of nitriles is 2. The number of unbranched alkanes of at least 4 members (excludes halogenated alkanes) is 18. The lowest BCUT2D eigenvalue weighted by molar-refractivity contribution is 0.556. The van der Waals surface area contributed by atoms with E-state index in [1.165, 1.54) is 157 Å². The van der Waals surface area contributed by atoms with Gasteiger partial charge < -0.3 is 0 Å². The topological polar surface area (TPSA) is 47.6 Å². The second kappa shape index (κ2) is 23.4. The van der Waals surface area contributed by atoms with E-state index in [9.17, 15) is 10.5 Å². The van der Waals surface area contributed by atoms with Crippen LogP contribution in [0.4, 0.5) is 0 Å². The number of hydrogen-bond donors (Lipinski definition) is 0. The average Bonchev–Trinajstić information content (AvgIpc) is 3.91. The van der Waals surface area contributed by atoms with Crippen molar-refractivity contribution in [2.45, 2.75) is 155 Å². The first-order chi connectivity index (χ1) is 24.5. The Morgan fingerprint density at radius 1 is 0.440 bits per heavy atom. The maximum atomic E-state index is 10.1. The quantitative estimate of drug-likeness (QED) is 0.0623. The Morgan fingerprint density at radius 2 is 0.740 bits per heavy atom. The van der Waals surface area contributed by atoms with E-state index in [0.29, 0.717) is 11.1 Å². The lowest BCUT2D eigenvalue weighted by Gasteiger charge is -2.02. The highest BCUT2D eigenvalue weighted by atomic mass is 79.9. The molecule has 0 unspecified atom stereocenters. The van der Waals surface area contributed by atoms with Crippen molar-refractivity contribution in [2.24, 2.45) is 0 Å². The highest BCUT2D eigenvalue weighted by Gasteiger charge is 2.21. The van der Waals surface area contributed by atoms with Crippen molar-refractivity contribution < 1.29 is 0 Å². The lowest BCUT2D eigenvalue weighted by Crippen LogP contribution is -1.85. The van der Waals surface area contributed by atoms with Gasteiger partial charge in [-0.1, -0.05) is 129 Å². The van der Waals surface area contributed by atoms with E-state index < -0.39 is 0 Å². The van der Waals surface area contributed by atoms with E-state index in [0.717, 1.165) is 32.4 Å². The van der Waals surface area contributed by atoms with Crippen molar-refractivity contribution in [2.75, 3.05) is 0 Å². The first kappa shape index (κ1) is 41.5. The first-order valence-corrected chi connectivity index (χ1v) is 24.0. The summed E-state index contributed by atoms with van der Waals surface area (Å²) in [6, 6.07) is 13.5. The Kier molecular flexibility index (Phi) is 19.4. The molecule has 0 N–H and O–H groups in total. The number of hydrogen-bond acceptors (Lipinski definition) is 6. The van der Waals surface area contributed by atoms with Gasteiger partial charge in [-0.2, -0.15) is 10.5 Å². The second-order valence-corrected chi connectivity index (χ2v) is 20.5. The summed E-state index contributed by atoms with van der Waals surface area (Å²) in [5.41, 5.74) is 4.05. The molecule has 0 aromatic carbocycles. The Labute approximate surface area is 335 Å². The fraction of sp³-hybridized carbons (Fsp3) is 0.571. The van der Waals surface area contributed by atoms with Gasteiger partial charge in [0.05, 0.1) is 28.5 Å². The molecule has 0 bridgehead atoms. The zero-order valence-corrected chi connectivity index (χ0v) is 36.6. The smallest absolute Gasteiger partial charge is 0.101 e. The van der Waals surface area contributed by atoms with Gasteiger partial charge >= 0.3 is 0 Å². The van der Waals surface area contributed by atoms with Crippen LogP contribution in [-0.4, -0.2) is 0 Å². The van der Waals surface area contributed by atoms with E-state index in [-0.39, 0.29) is 0 Å². The molecule has 0 aliphatic heterocycles. The van der Waals surface area contributed by atoms with E-state index >= 15 is 0 Å². The fourth-order valence-corrected chi connectivity index (χ4v) is 12.6. The average molecular weight is 875 g/mol. The molecule has 0 spiro atoms. The van der Waals surface area contributed by atoms with Gasteiger partial charge in [-0.05, 0) is 92.9 Å². The fourth-order valence-electron chi connectivity index (χ4n) is 6.53. The van der Waals surface area contributed by atoms with Crippen molar-refractivity contribution in [1.29, 1.82) is 10.5 Å². The van der Waals surface area contributed by atoms with Gasteiger partial charge in [-0.15, -0.1) is 45.3 Å². The molecular formula is C42H54Br2N2S4. The molecule has 270 valence electrons. The number of halogens is 2. The van der Waals surface area contributed by atoms with Gasteiger partial charge in [-0.3, -0.25) is 0 Å². The zero-order chi connectivity index (χ0) is 35.6. The van der Waals surface area contributed by atoms with E-state index in [4.69, 9.17) is 0 Å². The number of aryl methyl sites for hydroxylation is 2. The zero-order valence-electron chi connectivity index (χ0n) is 30.1. The molecule has 0 radical (unpaired) electrons. The summed E-state index contributed by atoms with van der Waals surface area (Å²) >= 11 is 14.5. The second-order valence-electron chi connectivity index (χ2n) is 13.6. The van der Waals surface area contributed by atoms with E-state index in [1.54, 1.807) is 45.3 Å². The van der Waals surface area contributed by atoms with Crippen molar-refractivity contribution in [3.8, 4) is 41.4 Å². The molecule has 0 fully saturated rings. The van der Waals surface area contributed by atoms with Crippen LogP contribution < -0.4 is 0 Å². The largest absolute Gasteiger partial charge is 0.192 e. The van der Waals surface area contributed by atoms with Crippen molar-refractivity contribution >= 4 is 77.2 Å². The molecule has 8 heteroatoms. The third-order valence-electron chi connectivity index (χ3n) is 9.51. The molecule has 0 aliphatic carbocycles. The third-order valence-corrected chi connectivity index (χ3v) is 16.3. The van der Waals surface area contributed by atoms with Crippen LogP contribution in [0, 0.1) is 22.7 Å². The molecule has 0 saturated carbocycles. The molecule has 4 heterocycles. The monoisotopic (exact) mass is 872 g/mol. The Bertz CT molecular complexity index is 1540. The minimum Gasteiger partial charge on any atom is -0.192 e. The van der Waals surface area contributed by atoms with Crippen LogP contribution in [-0.2, 0) is 12.8 Å². The number of rotatable bonds is 25. The van der Waals surface area contributed by atoms with Crippen LogP contribution >= 0.6 is 77.2 Å². The van der Waals surface area contributed by atoms with Crippen LogP contribution in [0.3, 0.4) is 0 Å². The standard InChI is InChI=1S/C42H54Br2N2S4/c1-3-5-7-9-11-13-15-17-19-21-23-31-25-37(49-41(31)43)35-27-33(29-45)39(47-35)40-34(30-46)28-36(48-40)38-26-32(42(44)50-38)24-22-20-18-16-14-12-10-8-6-4-2/h25-28H,3-24H2,1-2H3. The molecular weight excluding hydrogens is 821 g/mol. The van der Waals surface area contributed by atoms with Crippen LogP contribution in [0.2, 0.25) is 0 Å². The van der Waals surface area contributed by atoms with Gasteiger partial charge in [-0.25, -0.2) is 0 Å². The molecule has 4 aromatic rings. The molecule has 50 heavy (non-hydrogen) atoms. The maximum Gasteiger partial charge on any atom is 0.101 e. The molecule has 0 amide bonds. The van der Waals surface area contributed by atoms with Gasteiger partial charge in [0.1, 0.15) is 12.1 Å². The summed E-state index contributed by atoms with van der Waals surface area (Å²) in [5, 5.41) is 20.3. The summed E-state index contributed by atoms with van der Waals surface area (Å²) in [7, 11) is 0. The lowest BCUT2D eigenvalue weighted by atomic mass is 10.0. The van der Waals surface area contributed by atoms with Gasteiger partial charge in [0.15, 0.2) is 0 Å². The van der Waals surface area contributed by atoms with E-state index in [1.807, 2.05) is 12.1 Å². The highest BCUT2D eigenvalue weighted by molar-refractivity contribution is 9.11. The van der Waals surface area contributed by atoms with Gasteiger partial charge in [0, 0.05) is 19.5 Å². The normalized spacial score (nSPS) is 11.3. The molecule has 0 aliphatic rings. The first-order valence-electron chi connectivity index (χ1n) is 19.1. The molecule has 2 nitrogen and oxygen atoms in total. The summed E-state index contributed by atoms with van der Waals surface area (Å²) in [6.45, 7) is 4.56. The minimum atomic E-state index is 0.657. The van der Waals surface area contributed by atoms with Gasteiger partial charge in [0.2, 0.25) is 0 Å². The van der Waals surface area contributed by atoms with Crippen molar-refractivity contribution in [3.63, 3.8) is 0 Å². The minimum absolute atomic E-state index is 0.657. The van der Waals surface area contributed by atoms with E-state index in [2.05, 4.69) is 70.0 Å². The van der Waals surface area contributed by atoms with Crippen LogP contribution in [0.1, 0.15) is 165 Å². The van der Waals surface area contributed by atoms with Crippen LogP contribution in [0.25, 0.3) is 29.3 Å². The summed E-state index contributed by atoms with van der Waals surface area (Å²) < 4.78 is 2.40. The third kappa shape index (κ3) is 13.0. The Hall–Kier alpha value is -1.26. The predicted molar refractivity (Wildman–Crippen MR) is 230 cm³/mol. The predicted octanol–water partition coefficient (Wildman–Crippen LogP) is 17.1. The van der Waals surface area contributed by atoms with Gasteiger partial charge in [0.25, 0.3) is 0 Å². The molecule has 0 saturated heterocycles. The Morgan fingerprint density at radius 3 is 1.06 bits per heavy atom. The Balaban J connectivity index is 1.33. The number of nitrogens with zero attached hydrogens (tertiary/aromatic N) is 2. The van der Waals surface area contributed by atoms with Crippen molar-refractivity contribution in [1.82, 2.24) is 0 Å². The molecule has 0 atom stereocenters. The summed E-state index contributed by atoms with van der Waals surface area (Å²) in [5.74, 6) is 0. The van der Waals surface area contributed by atoms with Crippen molar-refractivity contribution in [3.05, 3.63) is 54.1 Å². The number of thiophene rings is 4. The maximum absolute atomic E-state index is 10.1. The van der Waals surface area contributed by atoms with Crippen LogP contribution in [0.15, 0.2) is 31.8 Å². The SMILES string of the molecule is CCCCCCCCCCCCc1cc(-c2cc(C#N)c(-c3sc(-c4cc(CCCCCCCCCCCC)c(Br)s4)cc3C#N)s2)sc1Br. The molecule has 4 rings (SSSR count). The summed E-state index contributed by atoms with van der Waals surface area (Å²) in [4.78, 5) is 6.43. The summed E-state index contributed by atoms with van der Waals surface area (Å²) in [6.07, 6.45) is 29.1. The molecule has 4 aromatic heterocycles.